The Kier molecular flexibility index (Phi) is 5.66. The number of amides is 1. The van der Waals surface area contributed by atoms with E-state index in [1.807, 2.05) is 43.3 Å². The van der Waals surface area contributed by atoms with Gasteiger partial charge in [-0.25, -0.2) is 9.97 Å². The molecule has 1 amide bonds. The average molecular weight is 397 g/mol. The number of benzene rings is 3. The number of para-hydroxylation sites is 1. The van der Waals surface area contributed by atoms with Gasteiger partial charge in [0.15, 0.2) is 0 Å². The number of rotatable bonds is 6. The molecule has 0 bridgehead atoms. The van der Waals surface area contributed by atoms with Crippen LogP contribution in [-0.4, -0.2) is 15.9 Å². The predicted octanol–water partition coefficient (Wildman–Crippen LogP) is 5.62. The summed E-state index contributed by atoms with van der Waals surface area (Å²) in [6.45, 7) is 1.89. The van der Waals surface area contributed by atoms with Crippen molar-refractivity contribution in [3.63, 3.8) is 0 Å². The van der Waals surface area contributed by atoms with Crippen LogP contribution in [0.1, 0.15) is 15.9 Å². The first kappa shape index (κ1) is 19.1. The Balaban J connectivity index is 1.40. The maximum Gasteiger partial charge on any atom is 0.321 e. The van der Waals surface area contributed by atoms with Crippen molar-refractivity contribution in [1.29, 1.82) is 0 Å². The van der Waals surface area contributed by atoms with Crippen LogP contribution in [0.5, 0.6) is 23.3 Å². The fourth-order valence-electron chi connectivity index (χ4n) is 2.78. The van der Waals surface area contributed by atoms with Crippen molar-refractivity contribution in [2.45, 2.75) is 6.92 Å². The molecule has 0 atom stereocenters. The van der Waals surface area contributed by atoms with Gasteiger partial charge < -0.3 is 14.8 Å². The van der Waals surface area contributed by atoms with E-state index in [4.69, 9.17) is 9.47 Å². The van der Waals surface area contributed by atoms with Crippen LogP contribution in [0, 0.1) is 6.92 Å². The number of ether oxygens (including phenoxy) is 2. The predicted molar refractivity (Wildman–Crippen MR) is 114 cm³/mol. The van der Waals surface area contributed by atoms with E-state index < -0.39 is 0 Å². The molecule has 6 nitrogen and oxygen atoms in total. The first-order valence-corrected chi connectivity index (χ1v) is 9.37. The topological polar surface area (TPSA) is 73.3 Å². The third-order valence-corrected chi connectivity index (χ3v) is 4.29. The van der Waals surface area contributed by atoms with Crippen LogP contribution in [0.3, 0.4) is 0 Å². The number of aromatic nitrogens is 2. The highest BCUT2D eigenvalue weighted by atomic mass is 16.5. The Morgan fingerprint density at radius 3 is 2.13 bits per heavy atom. The largest absolute Gasteiger partial charge is 0.457 e. The second-order valence-corrected chi connectivity index (χ2v) is 6.50. The van der Waals surface area contributed by atoms with Crippen LogP contribution in [0.25, 0.3) is 0 Å². The quantitative estimate of drug-likeness (QED) is 0.457. The molecule has 1 heterocycles. The van der Waals surface area contributed by atoms with Gasteiger partial charge in [-0.05, 0) is 73.2 Å². The summed E-state index contributed by atoms with van der Waals surface area (Å²) in [7, 11) is 0. The van der Waals surface area contributed by atoms with E-state index in [1.54, 1.807) is 54.9 Å². The summed E-state index contributed by atoms with van der Waals surface area (Å²) in [5, 5.41) is 2.92. The zero-order valence-electron chi connectivity index (χ0n) is 16.3. The lowest BCUT2D eigenvalue weighted by atomic mass is 10.1. The van der Waals surface area contributed by atoms with E-state index in [-0.39, 0.29) is 11.9 Å². The lowest BCUT2D eigenvalue weighted by molar-refractivity contribution is 0.102. The Morgan fingerprint density at radius 1 is 0.767 bits per heavy atom. The second kappa shape index (κ2) is 8.87. The molecule has 148 valence electrons. The maximum atomic E-state index is 12.6. The molecular formula is C24H19N3O3. The van der Waals surface area contributed by atoms with Crippen molar-refractivity contribution < 1.29 is 14.3 Å². The smallest absolute Gasteiger partial charge is 0.321 e. The third kappa shape index (κ3) is 4.80. The van der Waals surface area contributed by atoms with Gasteiger partial charge in [0.05, 0.1) is 0 Å². The Hall–Kier alpha value is -4.19. The van der Waals surface area contributed by atoms with Crippen molar-refractivity contribution >= 4 is 11.6 Å². The molecule has 0 saturated heterocycles. The van der Waals surface area contributed by atoms with Gasteiger partial charge in [0.2, 0.25) is 0 Å². The molecule has 0 aliphatic heterocycles. The van der Waals surface area contributed by atoms with Gasteiger partial charge in [-0.15, -0.1) is 0 Å². The molecule has 0 aliphatic rings. The molecule has 4 rings (SSSR count). The molecule has 1 N–H and O–H groups in total. The zero-order chi connectivity index (χ0) is 20.8. The molecule has 4 aromatic rings. The van der Waals surface area contributed by atoms with Crippen molar-refractivity contribution in [3.8, 4) is 23.3 Å². The molecule has 0 fully saturated rings. The molecule has 0 unspecified atom stereocenters. The summed E-state index contributed by atoms with van der Waals surface area (Å²) in [6.07, 6.45) is 3.22. The van der Waals surface area contributed by atoms with Gasteiger partial charge >= 0.3 is 6.01 Å². The van der Waals surface area contributed by atoms with Gasteiger partial charge in [0.25, 0.3) is 5.91 Å². The first-order chi connectivity index (χ1) is 14.7. The van der Waals surface area contributed by atoms with Crippen LogP contribution in [-0.2, 0) is 0 Å². The van der Waals surface area contributed by atoms with Crippen LogP contribution >= 0.6 is 0 Å². The van der Waals surface area contributed by atoms with Crippen molar-refractivity contribution in [2.24, 2.45) is 0 Å². The van der Waals surface area contributed by atoms with Crippen LogP contribution in [0.4, 0.5) is 5.69 Å². The highest BCUT2D eigenvalue weighted by Crippen LogP contribution is 2.25. The molecular weight excluding hydrogens is 378 g/mol. The molecule has 1 aromatic heterocycles. The average Bonchev–Trinajstić information content (AvgIpc) is 2.77. The van der Waals surface area contributed by atoms with Gasteiger partial charge in [-0.2, -0.15) is 0 Å². The molecule has 0 spiro atoms. The van der Waals surface area contributed by atoms with Crippen LogP contribution < -0.4 is 14.8 Å². The minimum Gasteiger partial charge on any atom is -0.457 e. The second-order valence-electron chi connectivity index (χ2n) is 6.50. The number of anilines is 1. The Labute approximate surface area is 174 Å². The summed E-state index contributed by atoms with van der Waals surface area (Å²) in [5.74, 6) is 1.80. The van der Waals surface area contributed by atoms with Crippen molar-refractivity contribution in [1.82, 2.24) is 9.97 Å². The fraction of sp³-hybridized carbons (Fsp3) is 0.0417. The van der Waals surface area contributed by atoms with Gasteiger partial charge in [-0.1, -0.05) is 18.2 Å². The van der Waals surface area contributed by atoms with E-state index in [0.717, 1.165) is 11.3 Å². The van der Waals surface area contributed by atoms with E-state index in [1.165, 1.54) is 0 Å². The Bertz CT molecular complexity index is 1130. The highest BCUT2D eigenvalue weighted by molar-refractivity contribution is 6.04. The summed E-state index contributed by atoms with van der Waals surface area (Å²) >= 11 is 0. The summed E-state index contributed by atoms with van der Waals surface area (Å²) in [6, 6.07) is 23.8. The van der Waals surface area contributed by atoms with Crippen molar-refractivity contribution in [3.05, 3.63) is 102 Å². The van der Waals surface area contributed by atoms with E-state index in [0.29, 0.717) is 22.7 Å². The molecule has 6 heteroatoms. The van der Waals surface area contributed by atoms with E-state index >= 15 is 0 Å². The monoisotopic (exact) mass is 397 g/mol. The minimum absolute atomic E-state index is 0.204. The van der Waals surface area contributed by atoms with E-state index in [2.05, 4.69) is 15.3 Å². The van der Waals surface area contributed by atoms with Crippen molar-refractivity contribution in [2.75, 3.05) is 5.32 Å². The summed E-state index contributed by atoms with van der Waals surface area (Å²) < 4.78 is 11.4. The SMILES string of the molecule is Cc1cc(Oc2ncccn2)ccc1NC(=O)c1ccc(Oc2ccccc2)cc1. The number of carbonyl (C=O) groups is 1. The standard InChI is InChI=1S/C24H19N3O3/c1-17-16-21(30-24-25-14-5-15-26-24)12-13-22(17)27-23(28)18-8-10-20(11-9-18)29-19-6-3-2-4-7-19/h2-16H,1H3,(H,27,28). The van der Waals surface area contributed by atoms with E-state index in [9.17, 15) is 4.79 Å². The van der Waals surface area contributed by atoms with Gasteiger partial charge in [0, 0.05) is 23.6 Å². The molecule has 0 saturated carbocycles. The van der Waals surface area contributed by atoms with Gasteiger partial charge in [-0.3, -0.25) is 4.79 Å². The summed E-state index contributed by atoms with van der Waals surface area (Å²) in [4.78, 5) is 20.7. The first-order valence-electron chi connectivity index (χ1n) is 9.37. The lowest BCUT2D eigenvalue weighted by Gasteiger charge is -2.11. The third-order valence-electron chi connectivity index (χ3n) is 4.29. The van der Waals surface area contributed by atoms with Gasteiger partial charge in [0.1, 0.15) is 17.2 Å². The van der Waals surface area contributed by atoms with Crippen LogP contribution in [0.2, 0.25) is 0 Å². The molecule has 0 radical (unpaired) electrons. The summed E-state index contributed by atoms with van der Waals surface area (Å²) in [5.41, 5.74) is 2.10. The maximum absolute atomic E-state index is 12.6. The lowest BCUT2D eigenvalue weighted by Crippen LogP contribution is -2.12. The Morgan fingerprint density at radius 2 is 1.43 bits per heavy atom. The molecule has 3 aromatic carbocycles. The highest BCUT2D eigenvalue weighted by Gasteiger charge is 2.10. The molecule has 30 heavy (non-hydrogen) atoms. The number of carbonyl (C=O) groups excluding carboxylic acids is 1. The molecule has 0 aliphatic carbocycles. The number of nitrogens with one attached hydrogen (secondary N) is 1. The fourth-order valence-corrected chi connectivity index (χ4v) is 2.78. The number of hydrogen-bond donors (Lipinski definition) is 1. The van der Waals surface area contributed by atoms with Crippen LogP contribution in [0.15, 0.2) is 91.3 Å². The minimum atomic E-state index is -0.204. The number of hydrogen-bond acceptors (Lipinski definition) is 5. The zero-order valence-corrected chi connectivity index (χ0v) is 16.3. The number of nitrogens with zero attached hydrogens (tertiary/aromatic N) is 2. The number of aryl methyl sites for hydroxylation is 1. The normalized spacial score (nSPS) is 10.3.